The second-order valence-electron chi connectivity index (χ2n) is 5.80. The van der Waals surface area contributed by atoms with E-state index in [0.29, 0.717) is 19.1 Å². The molecule has 2 unspecified atom stereocenters. The topological polar surface area (TPSA) is 47.6 Å². The monoisotopic (exact) mass is 285 g/mol. The smallest absolute Gasteiger partial charge is 0.329 e. The fourth-order valence-corrected chi connectivity index (χ4v) is 2.56. The van der Waals surface area contributed by atoms with Gasteiger partial charge in [0.1, 0.15) is 5.54 Å². The largest absolute Gasteiger partial charge is 0.465 e. The maximum Gasteiger partial charge on any atom is 0.329 e. The van der Waals surface area contributed by atoms with Crippen molar-refractivity contribution in [2.45, 2.75) is 71.4 Å². The van der Waals surface area contributed by atoms with Gasteiger partial charge in [-0.3, -0.25) is 5.32 Å². The molecule has 1 N–H and O–H groups in total. The summed E-state index contributed by atoms with van der Waals surface area (Å²) in [5.74, 6) is 0.224. The van der Waals surface area contributed by atoms with Crippen LogP contribution in [-0.4, -0.2) is 37.4 Å². The van der Waals surface area contributed by atoms with Crippen molar-refractivity contribution in [2.24, 2.45) is 5.92 Å². The summed E-state index contributed by atoms with van der Waals surface area (Å²) in [6.45, 7) is 9.86. The average molecular weight is 285 g/mol. The van der Waals surface area contributed by atoms with Crippen LogP contribution in [0.15, 0.2) is 0 Å². The molecule has 1 rings (SSSR count). The number of nitrogens with one attached hydrogen (secondary N) is 1. The maximum absolute atomic E-state index is 12.5. The number of ether oxygens (including phenoxy) is 2. The van der Waals surface area contributed by atoms with Gasteiger partial charge in [-0.25, -0.2) is 4.79 Å². The molecule has 0 amide bonds. The van der Waals surface area contributed by atoms with E-state index in [1.165, 1.54) is 0 Å². The zero-order chi connectivity index (χ0) is 15.0. The zero-order valence-electron chi connectivity index (χ0n) is 13.5. The Morgan fingerprint density at radius 2 is 2.00 bits per heavy atom. The number of hydrogen-bond acceptors (Lipinski definition) is 4. The molecule has 0 heterocycles. The van der Waals surface area contributed by atoms with Gasteiger partial charge in [0.05, 0.1) is 19.3 Å². The Morgan fingerprint density at radius 3 is 2.50 bits per heavy atom. The number of carbonyl (C=O) groups excluding carboxylic acids is 1. The number of carbonyl (C=O) groups is 1. The molecule has 4 nitrogen and oxygen atoms in total. The molecule has 1 aliphatic carbocycles. The SMILES string of the molecule is CCCNC(COC(C)CCC)(C(=O)OCC)C1CC1. The maximum atomic E-state index is 12.5. The fourth-order valence-electron chi connectivity index (χ4n) is 2.56. The van der Waals surface area contributed by atoms with Gasteiger partial charge in [-0.15, -0.1) is 0 Å². The van der Waals surface area contributed by atoms with E-state index in [0.717, 1.165) is 38.6 Å². The van der Waals surface area contributed by atoms with E-state index in [4.69, 9.17) is 9.47 Å². The Kier molecular flexibility index (Phi) is 7.52. The van der Waals surface area contributed by atoms with Gasteiger partial charge >= 0.3 is 5.97 Å². The predicted octanol–water partition coefficient (Wildman–Crippen LogP) is 2.90. The summed E-state index contributed by atoms with van der Waals surface area (Å²) in [4.78, 5) is 12.5. The number of rotatable bonds is 11. The van der Waals surface area contributed by atoms with E-state index in [9.17, 15) is 4.79 Å². The molecule has 0 aromatic heterocycles. The summed E-state index contributed by atoms with van der Waals surface area (Å²) in [5.41, 5.74) is -0.631. The van der Waals surface area contributed by atoms with Crippen molar-refractivity contribution in [2.75, 3.05) is 19.8 Å². The van der Waals surface area contributed by atoms with Gasteiger partial charge in [0.25, 0.3) is 0 Å². The summed E-state index contributed by atoms with van der Waals surface area (Å²) in [6.07, 6.45) is 5.48. The second-order valence-corrected chi connectivity index (χ2v) is 5.80. The molecule has 2 atom stereocenters. The van der Waals surface area contributed by atoms with Crippen LogP contribution in [0.3, 0.4) is 0 Å². The first-order valence-electron chi connectivity index (χ1n) is 8.14. The summed E-state index contributed by atoms with van der Waals surface area (Å²) >= 11 is 0. The quantitative estimate of drug-likeness (QED) is 0.593. The van der Waals surface area contributed by atoms with Crippen LogP contribution < -0.4 is 5.32 Å². The summed E-state index contributed by atoms with van der Waals surface area (Å²) in [7, 11) is 0. The molecule has 0 aromatic rings. The van der Waals surface area contributed by atoms with Crippen molar-refractivity contribution in [3.63, 3.8) is 0 Å². The van der Waals surface area contributed by atoms with E-state index in [1.54, 1.807) is 0 Å². The Bertz CT molecular complexity index is 291. The van der Waals surface area contributed by atoms with E-state index in [-0.39, 0.29) is 12.1 Å². The van der Waals surface area contributed by atoms with Gasteiger partial charge in [0.2, 0.25) is 0 Å². The van der Waals surface area contributed by atoms with Gasteiger partial charge in [-0.2, -0.15) is 0 Å². The molecule has 4 heteroatoms. The average Bonchev–Trinajstić information content (AvgIpc) is 3.25. The molecule has 0 aromatic carbocycles. The molecule has 1 fully saturated rings. The number of hydrogen-bond donors (Lipinski definition) is 1. The van der Waals surface area contributed by atoms with E-state index >= 15 is 0 Å². The second kappa shape index (κ2) is 8.63. The van der Waals surface area contributed by atoms with E-state index in [1.807, 2.05) is 6.92 Å². The number of esters is 1. The highest BCUT2D eigenvalue weighted by molar-refractivity contribution is 5.82. The molecule has 20 heavy (non-hydrogen) atoms. The zero-order valence-corrected chi connectivity index (χ0v) is 13.5. The van der Waals surface area contributed by atoms with Gasteiger partial charge in [-0.1, -0.05) is 20.3 Å². The lowest BCUT2D eigenvalue weighted by molar-refractivity contribution is -0.156. The molecule has 118 valence electrons. The first-order valence-corrected chi connectivity index (χ1v) is 8.14. The lowest BCUT2D eigenvalue weighted by Crippen LogP contribution is -2.58. The highest BCUT2D eigenvalue weighted by Gasteiger charge is 2.52. The third kappa shape index (κ3) is 4.74. The minimum absolute atomic E-state index is 0.139. The van der Waals surface area contributed by atoms with Crippen molar-refractivity contribution in [1.82, 2.24) is 5.32 Å². The van der Waals surface area contributed by atoms with Crippen molar-refractivity contribution < 1.29 is 14.3 Å². The molecule has 0 spiro atoms. The van der Waals surface area contributed by atoms with E-state index < -0.39 is 5.54 Å². The molecular formula is C16H31NO3. The third-order valence-electron chi connectivity index (χ3n) is 3.90. The highest BCUT2D eigenvalue weighted by Crippen LogP contribution is 2.41. The Labute approximate surface area is 123 Å². The normalized spacial score (nSPS) is 19.4. The van der Waals surface area contributed by atoms with E-state index in [2.05, 4.69) is 26.1 Å². The lowest BCUT2D eigenvalue weighted by Gasteiger charge is -2.33. The molecule has 0 radical (unpaired) electrons. The summed E-state index contributed by atoms with van der Waals surface area (Å²) in [6, 6.07) is 0. The highest BCUT2D eigenvalue weighted by atomic mass is 16.5. The Balaban J connectivity index is 2.71. The minimum atomic E-state index is -0.631. The van der Waals surface area contributed by atoms with Crippen LogP contribution in [0.25, 0.3) is 0 Å². The standard InChI is InChI=1S/C16H31NO3/c1-5-8-13(4)20-12-16(14-9-10-14,17-11-6-2)15(18)19-7-3/h13-14,17H,5-12H2,1-4H3. The van der Waals surface area contributed by atoms with Crippen LogP contribution in [0.4, 0.5) is 0 Å². The Morgan fingerprint density at radius 1 is 1.30 bits per heavy atom. The summed E-state index contributed by atoms with van der Waals surface area (Å²) in [5, 5.41) is 3.43. The molecule has 0 bridgehead atoms. The van der Waals surface area contributed by atoms with Gasteiger partial charge in [-0.05, 0) is 52.0 Å². The minimum Gasteiger partial charge on any atom is -0.465 e. The summed E-state index contributed by atoms with van der Waals surface area (Å²) < 4.78 is 11.3. The Hall–Kier alpha value is -0.610. The predicted molar refractivity (Wildman–Crippen MR) is 80.7 cm³/mol. The van der Waals surface area contributed by atoms with Gasteiger partial charge < -0.3 is 9.47 Å². The van der Waals surface area contributed by atoms with Crippen LogP contribution in [0.2, 0.25) is 0 Å². The third-order valence-corrected chi connectivity index (χ3v) is 3.90. The molecule has 1 aliphatic rings. The van der Waals surface area contributed by atoms with Crippen molar-refractivity contribution in [1.29, 1.82) is 0 Å². The molecular weight excluding hydrogens is 254 g/mol. The van der Waals surface area contributed by atoms with Gasteiger partial charge in [0.15, 0.2) is 0 Å². The van der Waals surface area contributed by atoms with Crippen molar-refractivity contribution in [3.8, 4) is 0 Å². The van der Waals surface area contributed by atoms with Crippen LogP contribution in [-0.2, 0) is 14.3 Å². The lowest BCUT2D eigenvalue weighted by atomic mass is 9.93. The van der Waals surface area contributed by atoms with Gasteiger partial charge in [0, 0.05) is 0 Å². The van der Waals surface area contributed by atoms with Crippen LogP contribution in [0.5, 0.6) is 0 Å². The van der Waals surface area contributed by atoms with Crippen LogP contribution in [0.1, 0.15) is 59.8 Å². The van der Waals surface area contributed by atoms with Crippen molar-refractivity contribution in [3.05, 3.63) is 0 Å². The van der Waals surface area contributed by atoms with Crippen LogP contribution in [0, 0.1) is 5.92 Å². The van der Waals surface area contributed by atoms with Crippen molar-refractivity contribution >= 4 is 5.97 Å². The molecule has 1 saturated carbocycles. The molecule has 0 saturated heterocycles. The fraction of sp³-hybridized carbons (Fsp3) is 0.938. The first kappa shape index (κ1) is 17.4. The van der Waals surface area contributed by atoms with Crippen LogP contribution >= 0.6 is 0 Å². The first-order chi connectivity index (χ1) is 9.60. The molecule has 0 aliphatic heterocycles.